The van der Waals surface area contributed by atoms with Gasteiger partial charge in [-0.25, -0.2) is 0 Å². The average Bonchev–Trinajstić information content (AvgIpc) is 3.12. The molecule has 0 fully saturated rings. The lowest BCUT2D eigenvalue weighted by molar-refractivity contribution is 0.104. The number of carbonyl (C=O) groups excluding carboxylic acids is 1. The lowest BCUT2D eigenvalue weighted by Crippen LogP contribution is -2.03. The summed E-state index contributed by atoms with van der Waals surface area (Å²) in [6, 6.07) is 18.4. The number of carbonyl (C=O) groups is 1. The number of ether oxygens (including phenoxy) is 2. The number of fused-ring (bicyclic) bond motifs is 3. The molecule has 1 heterocycles. The van der Waals surface area contributed by atoms with Crippen LogP contribution in [0.2, 0.25) is 5.02 Å². The first-order chi connectivity index (χ1) is 15.6. The van der Waals surface area contributed by atoms with Crippen molar-refractivity contribution in [2.45, 2.75) is 26.7 Å². The molecule has 4 nitrogen and oxygen atoms in total. The average molecular weight is 448 g/mol. The number of hydrogen-bond acceptors (Lipinski definition) is 3. The molecule has 0 unspecified atom stereocenters. The number of aromatic nitrogens is 1. The Bertz CT molecular complexity index is 1320. The van der Waals surface area contributed by atoms with E-state index in [4.69, 9.17) is 21.1 Å². The summed E-state index contributed by atoms with van der Waals surface area (Å²) >= 11 is 6.52. The molecule has 32 heavy (non-hydrogen) atoms. The number of aryl methyl sites for hydroxylation is 1. The number of halogens is 1. The Balaban J connectivity index is 1.70. The van der Waals surface area contributed by atoms with Crippen molar-refractivity contribution in [2.75, 3.05) is 14.2 Å². The van der Waals surface area contributed by atoms with E-state index in [2.05, 4.69) is 47.9 Å². The quantitative estimate of drug-likeness (QED) is 0.224. The van der Waals surface area contributed by atoms with Gasteiger partial charge < -0.3 is 14.0 Å². The van der Waals surface area contributed by atoms with E-state index < -0.39 is 0 Å². The predicted octanol–water partition coefficient (Wildman–Crippen LogP) is 6.66. The van der Waals surface area contributed by atoms with E-state index in [9.17, 15) is 4.79 Å². The molecule has 0 bridgehead atoms. The largest absolute Gasteiger partial charge is 0.380 e. The SMILES string of the molecule is CCn1c2ccccc2c2ccc(/C=C/C(=O)c3cc(COC)cc(COC)c3Cl)cc21. The van der Waals surface area contributed by atoms with Crippen molar-refractivity contribution in [2.24, 2.45) is 0 Å². The van der Waals surface area contributed by atoms with Gasteiger partial charge in [0, 0.05) is 48.1 Å². The van der Waals surface area contributed by atoms with Crippen molar-refractivity contribution in [1.29, 1.82) is 0 Å². The van der Waals surface area contributed by atoms with E-state index in [0.717, 1.165) is 28.8 Å². The fourth-order valence-corrected chi connectivity index (χ4v) is 4.47. The molecule has 0 aliphatic heterocycles. The molecule has 3 aromatic carbocycles. The van der Waals surface area contributed by atoms with Gasteiger partial charge in [0.25, 0.3) is 0 Å². The number of nitrogens with zero attached hydrogens (tertiary/aromatic N) is 1. The summed E-state index contributed by atoms with van der Waals surface area (Å²) in [7, 11) is 3.23. The number of methoxy groups -OCH3 is 2. The maximum atomic E-state index is 13.0. The first-order valence-electron chi connectivity index (χ1n) is 10.6. The second kappa shape index (κ2) is 9.70. The van der Waals surface area contributed by atoms with Crippen LogP contribution in [-0.2, 0) is 29.2 Å². The molecular formula is C27H26ClNO3. The minimum Gasteiger partial charge on any atom is -0.380 e. The van der Waals surface area contributed by atoms with Gasteiger partial charge >= 0.3 is 0 Å². The fraction of sp³-hybridized carbons (Fsp3) is 0.222. The van der Waals surface area contributed by atoms with E-state index in [1.165, 1.54) is 16.3 Å². The van der Waals surface area contributed by atoms with Crippen LogP contribution in [0.4, 0.5) is 0 Å². The van der Waals surface area contributed by atoms with Crippen LogP contribution in [0.1, 0.15) is 34.0 Å². The molecule has 0 aliphatic rings. The number of rotatable bonds is 8. The third-order valence-electron chi connectivity index (χ3n) is 5.63. The Kier molecular flexibility index (Phi) is 6.75. The Morgan fingerprint density at radius 2 is 1.72 bits per heavy atom. The maximum absolute atomic E-state index is 13.0. The number of ketones is 1. The molecular weight excluding hydrogens is 422 g/mol. The highest BCUT2D eigenvalue weighted by Gasteiger charge is 2.14. The molecule has 0 spiro atoms. The third-order valence-corrected chi connectivity index (χ3v) is 6.07. The van der Waals surface area contributed by atoms with E-state index in [1.807, 2.05) is 18.2 Å². The molecule has 0 amide bonds. The van der Waals surface area contributed by atoms with Crippen LogP contribution in [0.3, 0.4) is 0 Å². The van der Waals surface area contributed by atoms with Crippen LogP contribution in [0, 0.1) is 0 Å². The summed E-state index contributed by atoms with van der Waals surface area (Å²) in [5.74, 6) is -0.151. The topological polar surface area (TPSA) is 40.5 Å². The number of benzene rings is 3. The zero-order chi connectivity index (χ0) is 22.7. The predicted molar refractivity (Wildman–Crippen MR) is 131 cm³/mol. The molecule has 0 radical (unpaired) electrons. The van der Waals surface area contributed by atoms with Gasteiger partial charge in [-0.15, -0.1) is 0 Å². The van der Waals surface area contributed by atoms with E-state index in [1.54, 1.807) is 26.4 Å². The summed E-state index contributed by atoms with van der Waals surface area (Å²) in [6.45, 7) is 3.75. The Morgan fingerprint density at radius 3 is 2.47 bits per heavy atom. The number of para-hydroxylation sites is 1. The summed E-state index contributed by atoms with van der Waals surface area (Å²) in [6.07, 6.45) is 3.42. The first-order valence-corrected chi connectivity index (χ1v) is 11.0. The van der Waals surface area contributed by atoms with Gasteiger partial charge in [-0.1, -0.05) is 48.0 Å². The van der Waals surface area contributed by atoms with Crippen LogP contribution < -0.4 is 0 Å². The summed E-state index contributed by atoms with van der Waals surface area (Å²) in [5.41, 5.74) is 5.45. The fourth-order valence-electron chi connectivity index (χ4n) is 4.21. The first kappa shape index (κ1) is 22.3. The van der Waals surface area contributed by atoms with Crippen LogP contribution in [0.5, 0.6) is 0 Å². The Hall–Kier alpha value is -2.92. The molecule has 1 aromatic heterocycles. The third kappa shape index (κ3) is 4.22. The summed E-state index contributed by atoms with van der Waals surface area (Å²) in [5, 5.41) is 2.87. The normalized spacial score (nSPS) is 11.8. The molecule has 4 aromatic rings. The minimum absolute atomic E-state index is 0.151. The maximum Gasteiger partial charge on any atom is 0.187 e. The van der Waals surface area contributed by atoms with Crippen LogP contribution in [0.15, 0.2) is 60.7 Å². The second-order valence-electron chi connectivity index (χ2n) is 7.72. The second-order valence-corrected chi connectivity index (χ2v) is 8.10. The van der Waals surface area contributed by atoms with Crippen molar-refractivity contribution in [3.8, 4) is 0 Å². The smallest absolute Gasteiger partial charge is 0.187 e. The monoisotopic (exact) mass is 447 g/mol. The summed E-state index contributed by atoms with van der Waals surface area (Å²) in [4.78, 5) is 13.0. The van der Waals surface area contributed by atoms with E-state index >= 15 is 0 Å². The molecule has 0 saturated carbocycles. The van der Waals surface area contributed by atoms with Crippen LogP contribution in [-0.4, -0.2) is 24.6 Å². The minimum atomic E-state index is -0.151. The van der Waals surface area contributed by atoms with Crippen molar-refractivity contribution < 1.29 is 14.3 Å². The Morgan fingerprint density at radius 1 is 0.969 bits per heavy atom. The van der Waals surface area contributed by atoms with Crippen molar-refractivity contribution in [3.05, 3.63) is 87.9 Å². The zero-order valence-electron chi connectivity index (χ0n) is 18.5. The molecule has 5 heteroatoms. The van der Waals surface area contributed by atoms with E-state index in [0.29, 0.717) is 23.8 Å². The van der Waals surface area contributed by atoms with Gasteiger partial charge in [0.2, 0.25) is 0 Å². The van der Waals surface area contributed by atoms with Gasteiger partial charge in [0.1, 0.15) is 0 Å². The van der Waals surface area contributed by atoms with Crippen molar-refractivity contribution in [3.63, 3.8) is 0 Å². The highest BCUT2D eigenvalue weighted by Crippen LogP contribution is 2.30. The lowest BCUT2D eigenvalue weighted by Gasteiger charge is -2.11. The highest BCUT2D eigenvalue weighted by atomic mass is 35.5. The number of hydrogen-bond donors (Lipinski definition) is 0. The van der Waals surface area contributed by atoms with Gasteiger partial charge in [0.05, 0.1) is 18.2 Å². The number of allylic oxidation sites excluding steroid dienone is 1. The Labute approximate surface area is 193 Å². The standard InChI is InChI=1S/C27H26ClNO3/c1-4-29-24-8-6-5-7-21(24)22-11-9-18(15-25(22)29)10-12-26(30)23-14-19(16-31-2)13-20(17-32-3)27(23)28/h5-15H,4,16-17H2,1-3H3/b12-10+. The zero-order valence-corrected chi connectivity index (χ0v) is 19.3. The molecule has 164 valence electrons. The lowest BCUT2D eigenvalue weighted by atomic mass is 10.0. The van der Waals surface area contributed by atoms with Crippen LogP contribution in [0.25, 0.3) is 27.9 Å². The van der Waals surface area contributed by atoms with Crippen LogP contribution >= 0.6 is 11.6 Å². The van der Waals surface area contributed by atoms with Crippen molar-refractivity contribution >= 4 is 45.3 Å². The van der Waals surface area contributed by atoms with Crippen molar-refractivity contribution in [1.82, 2.24) is 4.57 Å². The summed E-state index contributed by atoms with van der Waals surface area (Å²) < 4.78 is 12.8. The van der Waals surface area contributed by atoms with E-state index in [-0.39, 0.29) is 5.78 Å². The highest BCUT2D eigenvalue weighted by molar-refractivity contribution is 6.35. The molecule has 0 aliphatic carbocycles. The van der Waals surface area contributed by atoms with Gasteiger partial charge in [-0.3, -0.25) is 4.79 Å². The van der Waals surface area contributed by atoms with Gasteiger partial charge in [-0.2, -0.15) is 0 Å². The molecule has 0 N–H and O–H groups in total. The molecule has 4 rings (SSSR count). The molecule has 0 saturated heterocycles. The van der Waals surface area contributed by atoms with Gasteiger partial charge in [0.15, 0.2) is 5.78 Å². The molecule has 0 atom stereocenters. The van der Waals surface area contributed by atoms with Gasteiger partial charge in [-0.05, 0) is 54.0 Å².